The number of nitrogens with zero attached hydrogens (tertiary/aromatic N) is 1. The van der Waals surface area contributed by atoms with E-state index in [0.717, 1.165) is 30.2 Å². The van der Waals surface area contributed by atoms with Crippen molar-refractivity contribution in [3.05, 3.63) is 53.0 Å². The van der Waals surface area contributed by atoms with Crippen molar-refractivity contribution < 1.29 is 8.97 Å². The normalized spacial score (nSPS) is 17.8. The van der Waals surface area contributed by atoms with Gasteiger partial charge >= 0.3 is 0 Å². The average Bonchev–Trinajstić information content (AvgIpc) is 3.06. The number of hydrogen-bond acceptors (Lipinski definition) is 4. The fourth-order valence-corrected chi connectivity index (χ4v) is 4.28. The van der Waals surface area contributed by atoms with Gasteiger partial charge in [0.05, 0.1) is 0 Å². The van der Waals surface area contributed by atoms with E-state index in [1.54, 1.807) is 0 Å². The summed E-state index contributed by atoms with van der Waals surface area (Å²) in [6.07, 6.45) is 3.74. The van der Waals surface area contributed by atoms with Gasteiger partial charge in [0.2, 0.25) is 0 Å². The Bertz CT molecular complexity index is 760. The Morgan fingerprint density at radius 1 is 1.07 bits per heavy atom. The highest BCUT2D eigenvalue weighted by atomic mass is 32.2. The zero-order valence-electron chi connectivity index (χ0n) is 17.2. The molecular formula is C22H32N2O2S. The Kier molecular flexibility index (Phi) is 6.24. The van der Waals surface area contributed by atoms with Gasteiger partial charge in [0, 0.05) is 35.7 Å². The van der Waals surface area contributed by atoms with Crippen LogP contribution >= 0.6 is 0 Å². The molecule has 5 heteroatoms. The molecule has 1 N–H and O–H groups in total. The van der Waals surface area contributed by atoms with Gasteiger partial charge in [0.15, 0.2) is 0 Å². The molecule has 1 saturated heterocycles. The minimum absolute atomic E-state index is 0.240. The first-order valence-electron chi connectivity index (χ1n) is 9.85. The Morgan fingerprint density at radius 2 is 1.78 bits per heavy atom. The minimum atomic E-state index is -1.21. The molecule has 2 atom stereocenters. The van der Waals surface area contributed by atoms with Crippen molar-refractivity contribution in [3.63, 3.8) is 0 Å². The molecule has 2 heterocycles. The van der Waals surface area contributed by atoms with Crippen LogP contribution in [0.4, 0.5) is 5.69 Å². The standard InChI is InChI=1S/C22H32N2O2S/c1-16-9-11-18(19(15-16)24-13-7-6-8-14-24)21(20-12-10-17(2)26-20)23-27(25)22(3,4)5/h9-12,15,21,23H,6-8,13-14H2,1-5H3. The average molecular weight is 389 g/mol. The smallest absolute Gasteiger partial charge is 0.137 e. The number of piperidine rings is 1. The van der Waals surface area contributed by atoms with Gasteiger partial charge in [0.1, 0.15) is 22.3 Å². The topological polar surface area (TPSA) is 51.5 Å². The molecule has 0 amide bonds. The summed E-state index contributed by atoms with van der Waals surface area (Å²) in [7, 11) is 0. The molecule has 2 aromatic rings. The van der Waals surface area contributed by atoms with Crippen LogP contribution in [0.15, 0.2) is 34.7 Å². The predicted molar refractivity (Wildman–Crippen MR) is 114 cm³/mol. The molecule has 0 radical (unpaired) electrons. The van der Waals surface area contributed by atoms with Crippen molar-refractivity contribution in [1.82, 2.24) is 4.72 Å². The second kappa shape index (κ2) is 8.29. The molecule has 0 aliphatic carbocycles. The molecule has 1 aromatic carbocycles. The lowest BCUT2D eigenvalue weighted by Gasteiger charge is -2.33. The van der Waals surface area contributed by atoms with Crippen molar-refractivity contribution >= 4 is 17.0 Å². The van der Waals surface area contributed by atoms with Crippen molar-refractivity contribution in [2.24, 2.45) is 0 Å². The van der Waals surface area contributed by atoms with Crippen LogP contribution in [-0.4, -0.2) is 22.4 Å². The number of rotatable bonds is 5. The van der Waals surface area contributed by atoms with Gasteiger partial charge in [-0.25, -0.2) is 0 Å². The highest BCUT2D eigenvalue weighted by molar-refractivity contribution is 7.90. The first kappa shape index (κ1) is 20.3. The summed E-state index contributed by atoms with van der Waals surface area (Å²) in [5, 5.41) is 0. The van der Waals surface area contributed by atoms with Gasteiger partial charge in [-0.3, -0.25) is 0 Å². The Balaban J connectivity index is 2.03. The maximum absolute atomic E-state index is 12.9. The van der Waals surface area contributed by atoms with Gasteiger partial charge < -0.3 is 13.9 Å². The molecule has 1 aliphatic rings. The molecule has 1 aliphatic heterocycles. The second-order valence-electron chi connectivity index (χ2n) is 8.49. The Hall–Kier alpha value is -1.43. The molecule has 1 aromatic heterocycles. The number of furan rings is 1. The third kappa shape index (κ3) is 4.89. The first-order valence-corrected chi connectivity index (χ1v) is 11.0. The molecule has 1 fully saturated rings. The van der Waals surface area contributed by atoms with Crippen LogP contribution in [0.3, 0.4) is 0 Å². The van der Waals surface area contributed by atoms with E-state index in [1.165, 1.54) is 30.5 Å². The minimum Gasteiger partial charge on any atom is -0.598 e. The lowest BCUT2D eigenvalue weighted by Crippen LogP contribution is -2.42. The van der Waals surface area contributed by atoms with Crippen LogP contribution in [0.5, 0.6) is 0 Å². The highest BCUT2D eigenvalue weighted by Gasteiger charge is 2.33. The van der Waals surface area contributed by atoms with Gasteiger partial charge in [-0.2, -0.15) is 0 Å². The van der Waals surface area contributed by atoms with E-state index in [1.807, 2.05) is 39.8 Å². The lowest BCUT2D eigenvalue weighted by molar-refractivity contribution is 0.447. The third-order valence-corrected chi connectivity index (χ3v) is 6.58. The van der Waals surface area contributed by atoms with E-state index in [9.17, 15) is 4.55 Å². The SMILES string of the molecule is Cc1ccc(C(N[S+]([O-])C(C)(C)C)c2ccc(C)o2)c(N2CCCCC2)c1. The number of aryl methyl sites for hydroxylation is 2. The largest absolute Gasteiger partial charge is 0.598 e. The van der Waals surface area contributed by atoms with Gasteiger partial charge in [-0.1, -0.05) is 12.1 Å². The molecule has 3 rings (SSSR count). The monoisotopic (exact) mass is 388 g/mol. The van der Waals surface area contributed by atoms with E-state index in [-0.39, 0.29) is 10.8 Å². The summed E-state index contributed by atoms with van der Waals surface area (Å²) >= 11 is -1.21. The molecule has 4 nitrogen and oxygen atoms in total. The predicted octanol–water partition coefficient (Wildman–Crippen LogP) is 5.03. The van der Waals surface area contributed by atoms with Crippen molar-refractivity contribution in [2.75, 3.05) is 18.0 Å². The number of nitrogens with one attached hydrogen (secondary N) is 1. The fourth-order valence-electron chi connectivity index (χ4n) is 3.47. The molecule has 0 spiro atoms. The molecule has 148 valence electrons. The van der Waals surface area contributed by atoms with Crippen molar-refractivity contribution in [3.8, 4) is 0 Å². The summed E-state index contributed by atoms with van der Waals surface area (Å²) in [6.45, 7) is 12.2. The Morgan fingerprint density at radius 3 is 2.37 bits per heavy atom. The summed E-state index contributed by atoms with van der Waals surface area (Å²) in [5.41, 5.74) is 3.60. The summed E-state index contributed by atoms with van der Waals surface area (Å²) < 4.78 is 21.9. The van der Waals surface area contributed by atoms with Crippen LogP contribution in [-0.2, 0) is 11.4 Å². The zero-order chi connectivity index (χ0) is 19.6. The van der Waals surface area contributed by atoms with Crippen LogP contribution < -0.4 is 9.62 Å². The zero-order valence-corrected chi connectivity index (χ0v) is 18.0. The van der Waals surface area contributed by atoms with Crippen molar-refractivity contribution in [1.29, 1.82) is 0 Å². The van der Waals surface area contributed by atoms with E-state index in [2.05, 4.69) is 34.7 Å². The number of hydrogen-bond donors (Lipinski definition) is 1. The molecular weight excluding hydrogens is 356 g/mol. The van der Waals surface area contributed by atoms with Gasteiger partial charge in [-0.15, -0.1) is 4.72 Å². The summed E-state index contributed by atoms with van der Waals surface area (Å²) in [6, 6.07) is 10.3. The van der Waals surface area contributed by atoms with E-state index in [4.69, 9.17) is 4.42 Å². The maximum atomic E-state index is 12.9. The van der Waals surface area contributed by atoms with Crippen LogP contribution in [0, 0.1) is 13.8 Å². The molecule has 2 unspecified atom stereocenters. The van der Waals surface area contributed by atoms with Crippen LogP contribution in [0.1, 0.15) is 68.7 Å². The highest BCUT2D eigenvalue weighted by Crippen LogP contribution is 2.35. The van der Waals surface area contributed by atoms with Crippen LogP contribution in [0.2, 0.25) is 0 Å². The molecule has 27 heavy (non-hydrogen) atoms. The van der Waals surface area contributed by atoms with Gasteiger partial charge in [0.25, 0.3) is 0 Å². The Labute approximate surface area is 166 Å². The van der Waals surface area contributed by atoms with Crippen LogP contribution in [0.25, 0.3) is 0 Å². The number of benzene rings is 1. The molecule has 0 bridgehead atoms. The first-order chi connectivity index (χ1) is 12.8. The maximum Gasteiger partial charge on any atom is 0.137 e. The number of anilines is 1. The van der Waals surface area contributed by atoms with Crippen molar-refractivity contribution in [2.45, 2.75) is 64.7 Å². The van der Waals surface area contributed by atoms with E-state index >= 15 is 0 Å². The van der Waals surface area contributed by atoms with Gasteiger partial charge in [-0.05, 0) is 77.6 Å². The molecule has 0 saturated carbocycles. The fraction of sp³-hybridized carbons (Fsp3) is 0.545. The summed E-state index contributed by atoms with van der Waals surface area (Å²) in [5.74, 6) is 1.68. The van der Waals surface area contributed by atoms with E-state index < -0.39 is 11.4 Å². The third-order valence-electron chi connectivity index (χ3n) is 5.02. The quantitative estimate of drug-likeness (QED) is 0.730. The second-order valence-corrected chi connectivity index (χ2v) is 10.5. The lowest BCUT2D eigenvalue weighted by atomic mass is 9.99. The van der Waals surface area contributed by atoms with E-state index in [0.29, 0.717) is 0 Å². The summed E-state index contributed by atoms with van der Waals surface area (Å²) in [4.78, 5) is 2.47.